The molecule has 1 saturated carbocycles. The second-order valence-corrected chi connectivity index (χ2v) is 6.24. The minimum absolute atomic E-state index is 0.166. The molecule has 0 aromatic heterocycles. The molecule has 1 aromatic rings. The third kappa shape index (κ3) is 2.30. The molecule has 17 heavy (non-hydrogen) atoms. The standard InChI is InChI=1S/C13H19N3S/c1-9-4-5-11-10(8-9)14-12(16-17-11)15-13(2)6-3-7-13/h4-5,8,12,14-16H,3,6-7H2,1-2H3. The van der Waals surface area contributed by atoms with Crippen LogP contribution in [0.1, 0.15) is 31.7 Å². The van der Waals surface area contributed by atoms with Crippen molar-refractivity contribution in [3.63, 3.8) is 0 Å². The summed E-state index contributed by atoms with van der Waals surface area (Å²) in [5.41, 5.74) is 2.84. The first-order valence-electron chi connectivity index (χ1n) is 6.22. The van der Waals surface area contributed by atoms with Crippen molar-refractivity contribution < 1.29 is 0 Å². The molecule has 3 rings (SSSR count). The van der Waals surface area contributed by atoms with E-state index < -0.39 is 0 Å². The molecular formula is C13H19N3S. The minimum atomic E-state index is 0.166. The number of nitrogens with one attached hydrogen (secondary N) is 3. The lowest BCUT2D eigenvalue weighted by Crippen LogP contribution is -2.59. The highest BCUT2D eigenvalue weighted by molar-refractivity contribution is 7.97. The van der Waals surface area contributed by atoms with Gasteiger partial charge in [-0.1, -0.05) is 6.07 Å². The first-order chi connectivity index (χ1) is 8.15. The van der Waals surface area contributed by atoms with Crippen LogP contribution in [0.5, 0.6) is 0 Å². The zero-order chi connectivity index (χ0) is 11.9. The Labute approximate surface area is 107 Å². The Hall–Kier alpha value is -0.710. The fourth-order valence-electron chi connectivity index (χ4n) is 2.42. The van der Waals surface area contributed by atoms with Gasteiger partial charge in [-0.2, -0.15) is 0 Å². The molecule has 2 aliphatic rings. The zero-order valence-electron chi connectivity index (χ0n) is 10.3. The van der Waals surface area contributed by atoms with Gasteiger partial charge in [-0.15, -0.1) is 0 Å². The van der Waals surface area contributed by atoms with Crippen molar-refractivity contribution in [2.24, 2.45) is 0 Å². The summed E-state index contributed by atoms with van der Waals surface area (Å²) in [6.07, 6.45) is 4.06. The molecule has 1 heterocycles. The lowest BCUT2D eigenvalue weighted by molar-refractivity contribution is 0.188. The van der Waals surface area contributed by atoms with E-state index in [1.54, 1.807) is 11.9 Å². The number of rotatable bonds is 2. The quantitative estimate of drug-likeness (QED) is 0.704. The normalized spacial score (nSPS) is 25.6. The summed E-state index contributed by atoms with van der Waals surface area (Å²) < 4.78 is 3.41. The van der Waals surface area contributed by atoms with Crippen LogP contribution in [0.15, 0.2) is 23.1 Å². The summed E-state index contributed by atoms with van der Waals surface area (Å²) in [5.74, 6) is 0. The van der Waals surface area contributed by atoms with Gasteiger partial charge < -0.3 is 5.32 Å². The minimum Gasteiger partial charge on any atom is -0.356 e. The van der Waals surface area contributed by atoms with Crippen LogP contribution in [-0.4, -0.2) is 11.8 Å². The molecule has 0 amide bonds. The van der Waals surface area contributed by atoms with E-state index in [0.29, 0.717) is 5.54 Å². The highest BCUT2D eigenvalue weighted by atomic mass is 32.2. The van der Waals surface area contributed by atoms with Crippen LogP contribution in [0, 0.1) is 6.92 Å². The van der Waals surface area contributed by atoms with E-state index in [4.69, 9.17) is 0 Å². The molecule has 0 radical (unpaired) electrons. The van der Waals surface area contributed by atoms with Crippen molar-refractivity contribution in [3.8, 4) is 0 Å². The topological polar surface area (TPSA) is 36.1 Å². The van der Waals surface area contributed by atoms with Crippen LogP contribution >= 0.6 is 11.9 Å². The summed E-state index contributed by atoms with van der Waals surface area (Å²) in [4.78, 5) is 1.27. The Balaban J connectivity index is 1.71. The van der Waals surface area contributed by atoms with Crippen molar-refractivity contribution in [1.29, 1.82) is 0 Å². The highest BCUT2D eigenvalue weighted by Crippen LogP contribution is 2.34. The zero-order valence-corrected chi connectivity index (χ0v) is 11.2. The highest BCUT2D eigenvalue weighted by Gasteiger charge is 2.34. The largest absolute Gasteiger partial charge is 0.356 e. The molecule has 4 heteroatoms. The van der Waals surface area contributed by atoms with Crippen LogP contribution in [0.2, 0.25) is 0 Å². The Kier molecular flexibility index (Phi) is 2.81. The molecule has 1 aliphatic carbocycles. The predicted molar refractivity (Wildman–Crippen MR) is 73.0 cm³/mol. The third-order valence-electron chi connectivity index (χ3n) is 3.67. The molecule has 3 N–H and O–H groups in total. The van der Waals surface area contributed by atoms with Crippen molar-refractivity contribution in [2.45, 2.75) is 49.8 Å². The van der Waals surface area contributed by atoms with Gasteiger partial charge in [0.15, 0.2) is 0 Å². The van der Waals surface area contributed by atoms with Crippen LogP contribution in [0.3, 0.4) is 0 Å². The second-order valence-electron chi connectivity index (χ2n) is 5.36. The van der Waals surface area contributed by atoms with Gasteiger partial charge in [0.1, 0.15) is 6.29 Å². The molecule has 1 aromatic carbocycles. The summed E-state index contributed by atoms with van der Waals surface area (Å²) in [5, 5.41) is 7.17. The summed E-state index contributed by atoms with van der Waals surface area (Å²) in [7, 11) is 0. The Morgan fingerprint density at radius 2 is 2.24 bits per heavy atom. The van der Waals surface area contributed by atoms with Crippen molar-refractivity contribution in [2.75, 3.05) is 5.32 Å². The Morgan fingerprint density at radius 3 is 2.94 bits per heavy atom. The molecule has 92 valence electrons. The lowest BCUT2D eigenvalue weighted by atomic mass is 9.78. The number of hydrogen-bond acceptors (Lipinski definition) is 4. The molecule has 0 bridgehead atoms. The van der Waals surface area contributed by atoms with Crippen LogP contribution < -0.4 is 15.4 Å². The summed E-state index contributed by atoms with van der Waals surface area (Å²) in [6.45, 7) is 4.43. The van der Waals surface area contributed by atoms with E-state index in [1.807, 2.05) is 0 Å². The fourth-order valence-corrected chi connectivity index (χ4v) is 3.15. The maximum absolute atomic E-state index is 3.65. The van der Waals surface area contributed by atoms with Crippen LogP contribution in [0.25, 0.3) is 0 Å². The first-order valence-corrected chi connectivity index (χ1v) is 7.04. The number of aryl methyl sites for hydroxylation is 1. The van der Waals surface area contributed by atoms with Crippen molar-refractivity contribution in [3.05, 3.63) is 23.8 Å². The molecule has 0 saturated heterocycles. The maximum Gasteiger partial charge on any atom is 0.142 e. The van der Waals surface area contributed by atoms with Gasteiger partial charge in [0.25, 0.3) is 0 Å². The van der Waals surface area contributed by atoms with E-state index in [9.17, 15) is 0 Å². The summed E-state index contributed by atoms with van der Waals surface area (Å²) >= 11 is 1.71. The van der Waals surface area contributed by atoms with Gasteiger partial charge in [-0.25, -0.2) is 4.72 Å². The lowest BCUT2D eigenvalue weighted by Gasteiger charge is -2.43. The molecule has 1 fully saturated rings. The maximum atomic E-state index is 3.65. The molecular weight excluding hydrogens is 230 g/mol. The van der Waals surface area contributed by atoms with Crippen LogP contribution in [0.4, 0.5) is 5.69 Å². The average Bonchev–Trinajstić information content (AvgIpc) is 2.26. The van der Waals surface area contributed by atoms with E-state index in [0.717, 1.165) is 0 Å². The summed E-state index contributed by atoms with van der Waals surface area (Å²) in [6, 6.07) is 6.52. The second kappa shape index (κ2) is 4.19. The molecule has 3 nitrogen and oxygen atoms in total. The number of hydrogen-bond donors (Lipinski definition) is 3. The Bertz CT molecular complexity index is 429. The molecule has 1 aliphatic heterocycles. The third-order valence-corrected chi connectivity index (χ3v) is 4.60. The van der Waals surface area contributed by atoms with Gasteiger partial charge in [0.2, 0.25) is 0 Å². The fraction of sp³-hybridized carbons (Fsp3) is 0.538. The number of benzene rings is 1. The van der Waals surface area contributed by atoms with Gasteiger partial charge >= 0.3 is 0 Å². The monoisotopic (exact) mass is 249 g/mol. The van der Waals surface area contributed by atoms with E-state index >= 15 is 0 Å². The van der Waals surface area contributed by atoms with Crippen molar-refractivity contribution >= 4 is 17.6 Å². The van der Waals surface area contributed by atoms with Gasteiger partial charge in [-0.3, -0.25) is 5.32 Å². The number of anilines is 1. The van der Waals surface area contributed by atoms with E-state index in [2.05, 4.69) is 47.4 Å². The average molecular weight is 249 g/mol. The molecule has 1 atom stereocenters. The first kappa shape index (κ1) is 11.4. The van der Waals surface area contributed by atoms with Gasteiger partial charge in [0, 0.05) is 10.4 Å². The predicted octanol–water partition coefficient (Wildman–Crippen LogP) is 2.83. The van der Waals surface area contributed by atoms with Gasteiger partial charge in [0.05, 0.1) is 5.69 Å². The van der Waals surface area contributed by atoms with Crippen molar-refractivity contribution in [1.82, 2.24) is 10.0 Å². The molecule has 0 spiro atoms. The van der Waals surface area contributed by atoms with E-state index in [-0.39, 0.29) is 6.29 Å². The van der Waals surface area contributed by atoms with E-state index in [1.165, 1.54) is 35.4 Å². The molecule has 1 unspecified atom stereocenters. The smallest absolute Gasteiger partial charge is 0.142 e. The van der Waals surface area contributed by atoms with Crippen LogP contribution in [-0.2, 0) is 0 Å². The number of fused-ring (bicyclic) bond motifs is 1. The van der Waals surface area contributed by atoms with Gasteiger partial charge in [-0.05, 0) is 62.8 Å². The SMILES string of the molecule is Cc1ccc2c(c1)NC(NC1(C)CCC1)NS2. The Morgan fingerprint density at radius 1 is 1.41 bits per heavy atom.